The fraction of sp³-hybridized carbons (Fsp3) is 0.389. The van der Waals surface area contributed by atoms with Gasteiger partial charge in [-0.1, -0.05) is 24.3 Å². The highest BCUT2D eigenvalue weighted by molar-refractivity contribution is 6.47. The maximum absolute atomic E-state index is 12.5. The Kier molecular flexibility index (Phi) is 5.31. The summed E-state index contributed by atoms with van der Waals surface area (Å²) in [5.74, 6) is 6.13. The summed E-state index contributed by atoms with van der Waals surface area (Å²) in [7, 11) is 0.491. The first-order valence-electron chi connectivity index (χ1n) is 9.45. The molecule has 1 aromatic carbocycles. The molecule has 2 heterocycles. The minimum Gasteiger partial charge on any atom is -0.433 e. The van der Waals surface area contributed by atoms with Crippen LogP contribution in [0.5, 0.6) is 0 Å². The molecular formula is C18H24BN7O2. The van der Waals surface area contributed by atoms with Crippen molar-refractivity contribution < 1.29 is 9.21 Å². The third kappa shape index (κ3) is 4.02. The number of hydrogen-bond acceptors (Lipinski definition) is 8. The quantitative estimate of drug-likeness (QED) is 0.262. The fourth-order valence-corrected chi connectivity index (χ4v) is 3.77. The number of hydrazine groups is 1. The molecule has 0 spiro atoms. The molecule has 1 amide bonds. The number of hydrogen-bond donors (Lipinski definition) is 4. The molecule has 6 N–H and O–H groups in total. The normalized spacial score (nSPS) is 17.0. The number of nitrogens with zero attached hydrogens (tertiary/aromatic N) is 3. The van der Waals surface area contributed by atoms with E-state index in [1.807, 2.05) is 0 Å². The molecule has 10 heteroatoms. The lowest BCUT2D eigenvalue weighted by atomic mass is 9.92. The molecule has 28 heavy (non-hydrogen) atoms. The lowest BCUT2D eigenvalue weighted by molar-refractivity contribution is -0.130. The van der Waals surface area contributed by atoms with Crippen molar-refractivity contribution in [3.8, 4) is 0 Å². The molecule has 0 bridgehead atoms. The van der Waals surface area contributed by atoms with Gasteiger partial charge in [-0.05, 0) is 24.0 Å². The molecule has 4 rings (SSSR count). The Morgan fingerprint density at radius 3 is 2.71 bits per heavy atom. The van der Waals surface area contributed by atoms with E-state index in [2.05, 4.69) is 45.1 Å². The van der Waals surface area contributed by atoms with Crippen molar-refractivity contribution in [3.63, 3.8) is 0 Å². The van der Waals surface area contributed by atoms with Gasteiger partial charge in [0.05, 0.1) is 6.54 Å². The van der Waals surface area contributed by atoms with E-state index in [1.165, 1.54) is 11.1 Å². The first kappa shape index (κ1) is 18.5. The summed E-state index contributed by atoms with van der Waals surface area (Å²) in [6, 6.07) is 8.84. The Balaban J connectivity index is 1.27. The van der Waals surface area contributed by atoms with Gasteiger partial charge in [0, 0.05) is 30.4 Å². The van der Waals surface area contributed by atoms with Crippen LogP contribution >= 0.6 is 0 Å². The molecular weight excluding hydrogens is 357 g/mol. The van der Waals surface area contributed by atoms with Gasteiger partial charge in [-0.2, -0.15) is 0 Å². The zero-order valence-electron chi connectivity index (χ0n) is 15.6. The smallest absolute Gasteiger partial charge is 0.311 e. The maximum Gasteiger partial charge on any atom is 0.311 e. The lowest BCUT2D eigenvalue weighted by Crippen LogP contribution is -2.43. The van der Waals surface area contributed by atoms with Crippen LogP contribution in [0.3, 0.4) is 0 Å². The molecule has 2 aliphatic rings. The predicted molar refractivity (Wildman–Crippen MR) is 105 cm³/mol. The van der Waals surface area contributed by atoms with Crippen molar-refractivity contribution in [1.29, 1.82) is 0 Å². The van der Waals surface area contributed by atoms with Gasteiger partial charge in [0.2, 0.25) is 11.8 Å². The van der Waals surface area contributed by atoms with Gasteiger partial charge in [-0.3, -0.25) is 10.6 Å². The van der Waals surface area contributed by atoms with Crippen LogP contribution in [0.1, 0.15) is 23.4 Å². The van der Waals surface area contributed by atoms with Gasteiger partial charge >= 0.3 is 7.41 Å². The molecule has 146 valence electrons. The SMILES string of the molecule is NNC1=C(N)CN(C(=O)Cc2nnc(BNC3Cc4ccccc4C3)o2)CC1. The summed E-state index contributed by atoms with van der Waals surface area (Å²) in [5.41, 5.74) is 12.6. The summed E-state index contributed by atoms with van der Waals surface area (Å²) in [6.45, 7) is 0.910. The van der Waals surface area contributed by atoms with E-state index in [0.29, 0.717) is 50.3 Å². The van der Waals surface area contributed by atoms with Crippen LogP contribution in [0.25, 0.3) is 0 Å². The molecule has 0 radical (unpaired) electrons. The second-order valence-corrected chi connectivity index (χ2v) is 7.23. The zero-order valence-corrected chi connectivity index (χ0v) is 15.6. The van der Waals surface area contributed by atoms with Crippen molar-refractivity contribution in [1.82, 2.24) is 25.8 Å². The van der Waals surface area contributed by atoms with E-state index >= 15 is 0 Å². The molecule has 1 aromatic heterocycles. The molecule has 0 saturated heterocycles. The Bertz CT molecular complexity index is 873. The number of nitrogens with two attached hydrogens (primary N) is 2. The Morgan fingerprint density at radius 2 is 2.04 bits per heavy atom. The number of aromatic nitrogens is 2. The highest BCUT2D eigenvalue weighted by Crippen LogP contribution is 2.21. The minimum atomic E-state index is -0.0894. The van der Waals surface area contributed by atoms with Gasteiger partial charge in [0.15, 0.2) is 5.79 Å². The van der Waals surface area contributed by atoms with E-state index < -0.39 is 0 Å². The lowest BCUT2D eigenvalue weighted by Gasteiger charge is -2.28. The number of amides is 1. The van der Waals surface area contributed by atoms with Crippen molar-refractivity contribution in [2.45, 2.75) is 31.7 Å². The van der Waals surface area contributed by atoms with E-state index in [0.717, 1.165) is 18.5 Å². The summed E-state index contributed by atoms with van der Waals surface area (Å²) in [4.78, 5) is 14.1. The zero-order chi connectivity index (χ0) is 19.5. The van der Waals surface area contributed by atoms with Crippen LogP contribution in [-0.2, 0) is 24.1 Å². The third-order valence-corrected chi connectivity index (χ3v) is 5.31. The third-order valence-electron chi connectivity index (χ3n) is 5.31. The minimum absolute atomic E-state index is 0.0700. The molecule has 0 atom stereocenters. The summed E-state index contributed by atoms with van der Waals surface area (Å²) in [5, 5.41) is 11.5. The highest BCUT2D eigenvalue weighted by Gasteiger charge is 2.24. The van der Waals surface area contributed by atoms with Crippen molar-refractivity contribution in [2.75, 3.05) is 13.1 Å². The molecule has 1 aliphatic heterocycles. The Labute approximate surface area is 163 Å². The molecule has 1 aliphatic carbocycles. The van der Waals surface area contributed by atoms with E-state index in [9.17, 15) is 4.79 Å². The molecule has 0 saturated carbocycles. The summed E-state index contributed by atoms with van der Waals surface area (Å²) in [6.07, 6.45) is 2.68. The van der Waals surface area contributed by atoms with E-state index in [4.69, 9.17) is 16.0 Å². The highest BCUT2D eigenvalue weighted by atomic mass is 16.4. The largest absolute Gasteiger partial charge is 0.433 e. The topological polar surface area (TPSA) is 135 Å². The number of nitrogens with one attached hydrogen (secondary N) is 2. The average Bonchev–Trinajstić information content (AvgIpc) is 3.32. The molecule has 2 aromatic rings. The summed E-state index contributed by atoms with van der Waals surface area (Å²) < 4.78 is 5.64. The van der Waals surface area contributed by atoms with E-state index in [-0.39, 0.29) is 12.3 Å². The van der Waals surface area contributed by atoms with Gasteiger partial charge in [0.1, 0.15) is 6.42 Å². The van der Waals surface area contributed by atoms with Crippen molar-refractivity contribution in [2.24, 2.45) is 11.6 Å². The number of benzene rings is 1. The second kappa shape index (κ2) is 8.03. The van der Waals surface area contributed by atoms with Crippen molar-refractivity contribution in [3.05, 3.63) is 52.7 Å². The van der Waals surface area contributed by atoms with Crippen LogP contribution in [0.2, 0.25) is 0 Å². The van der Waals surface area contributed by atoms with Crippen molar-refractivity contribution >= 4 is 19.1 Å². The van der Waals surface area contributed by atoms with E-state index in [1.54, 1.807) is 4.90 Å². The van der Waals surface area contributed by atoms with Gasteiger partial charge in [-0.15, -0.1) is 10.2 Å². The standard InChI is InChI=1S/C18H24BN7O2/c20-14-10-26(6-5-15(14)23-21)17(27)9-16-24-25-18(28-16)19-22-13-7-11-3-1-2-4-12(11)8-13/h1-4,13,19,22-23H,5-10,20-21H2. The maximum atomic E-state index is 12.5. The number of rotatable bonds is 6. The van der Waals surface area contributed by atoms with Gasteiger partial charge in [0.25, 0.3) is 0 Å². The first-order chi connectivity index (χ1) is 13.6. The van der Waals surface area contributed by atoms with Crippen LogP contribution in [0.4, 0.5) is 0 Å². The van der Waals surface area contributed by atoms with Crippen LogP contribution < -0.4 is 28.0 Å². The Morgan fingerprint density at radius 1 is 1.29 bits per heavy atom. The Hall–Kier alpha value is -2.85. The molecule has 0 fully saturated rings. The number of carbonyl (C=O) groups excluding carboxylic acids is 1. The van der Waals surface area contributed by atoms with Crippen LogP contribution in [0, 0.1) is 0 Å². The average molecular weight is 381 g/mol. The number of fused-ring (bicyclic) bond motifs is 1. The predicted octanol–water partition coefficient (Wildman–Crippen LogP) is -1.79. The fourth-order valence-electron chi connectivity index (χ4n) is 3.77. The van der Waals surface area contributed by atoms with Crippen LogP contribution in [-0.4, -0.2) is 47.6 Å². The van der Waals surface area contributed by atoms with Crippen LogP contribution in [0.15, 0.2) is 40.1 Å². The van der Waals surface area contributed by atoms with Gasteiger partial charge in [-0.25, -0.2) is 0 Å². The number of carbonyl (C=O) groups is 1. The summed E-state index contributed by atoms with van der Waals surface area (Å²) >= 11 is 0. The molecule has 0 unspecified atom stereocenters. The first-order valence-corrected chi connectivity index (χ1v) is 9.45. The molecule has 9 nitrogen and oxygen atoms in total. The monoisotopic (exact) mass is 381 g/mol. The van der Waals surface area contributed by atoms with Gasteiger partial charge < -0.3 is 25.7 Å². The second-order valence-electron chi connectivity index (χ2n) is 7.23.